The van der Waals surface area contributed by atoms with Crippen molar-refractivity contribution in [3.8, 4) is 0 Å². The van der Waals surface area contributed by atoms with Crippen LogP contribution in [0.5, 0.6) is 0 Å². The lowest BCUT2D eigenvalue weighted by molar-refractivity contribution is -0.137. The molecule has 0 spiro atoms. The third-order valence-corrected chi connectivity index (χ3v) is 2.16. The maximum atomic E-state index is 11.3. The summed E-state index contributed by atoms with van der Waals surface area (Å²) >= 11 is 0. The number of esters is 1. The molecule has 0 saturated carbocycles. The number of hydrogen-bond donors (Lipinski definition) is 1. The second kappa shape index (κ2) is 8.93. The Hall–Kier alpha value is -1.34. The highest BCUT2D eigenvalue weighted by molar-refractivity contribution is 5.88. The van der Waals surface area contributed by atoms with Gasteiger partial charge in [-0.25, -0.2) is 4.79 Å². The van der Waals surface area contributed by atoms with Gasteiger partial charge in [-0.15, -0.1) is 5.73 Å². The summed E-state index contributed by atoms with van der Waals surface area (Å²) in [5.74, 6) is -0.390. The van der Waals surface area contributed by atoms with Crippen molar-refractivity contribution in [1.29, 1.82) is 5.41 Å². The molecule has 0 aliphatic carbocycles. The molecule has 0 aliphatic heterocycles. The zero-order chi connectivity index (χ0) is 12.4. The van der Waals surface area contributed by atoms with E-state index >= 15 is 0 Å². The number of carbonyl (C=O) groups excluding carboxylic acids is 1. The van der Waals surface area contributed by atoms with E-state index in [4.69, 9.17) is 10.1 Å². The summed E-state index contributed by atoms with van der Waals surface area (Å²) in [5, 5.41) is 6.75. The van der Waals surface area contributed by atoms with Crippen LogP contribution in [0.1, 0.15) is 46.5 Å². The molecule has 0 unspecified atom stereocenters. The molecule has 16 heavy (non-hydrogen) atoms. The van der Waals surface area contributed by atoms with Crippen LogP contribution in [0.3, 0.4) is 0 Å². The molecular formula is C13H21NO2. The first-order valence-corrected chi connectivity index (χ1v) is 5.70. The van der Waals surface area contributed by atoms with E-state index in [0.29, 0.717) is 5.57 Å². The van der Waals surface area contributed by atoms with Crippen LogP contribution in [0.4, 0.5) is 0 Å². The maximum absolute atomic E-state index is 11.3. The minimum atomic E-state index is -0.390. The Labute approximate surface area is 97.7 Å². The van der Waals surface area contributed by atoms with Crippen molar-refractivity contribution in [3.05, 3.63) is 16.9 Å². The fourth-order valence-electron chi connectivity index (χ4n) is 1.30. The van der Waals surface area contributed by atoms with Gasteiger partial charge in [-0.3, -0.25) is 0 Å². The number of ether oxygens (including phenoxy) is 1. The van der Waals surface area contributed by atoms with Crippen molar-refractivity contribution < 1.29 is 9.53 Å². The molecule has 0 fully saturated rings. The van der Waals surface area contributed by atoms with Gasteiger partial charge in [0.2, 0.25) is 0 Å². The summed E-state index contributed by atoms with van der Waals surface area (Å²) in [5.41, 5.74) is 4.59. The summed E-state index contributed by atoms with van der Waals surface area (Å²) in [7, 11) is 0. The van der Waals surface area contributed by atoms with E-state index in [9.17, 15) is 4.79 Å². The van der Waals surface area contributed by atoms with Gasteiger partial charge in [0.1, 0.15) is 6.61 Å². The molecule has 0 aromatic carbocycles. The van der Waals surface area contributed by atoms with Crippen LogP contribution >= 0.6 is 0 Å². The lowest BCUT2D eigenvalue weighted by Gasteiger charge is -2.00. The zero-order valence-electron chi connectivity index (χ0n) is 10.4. The highest BCUT2D eigenvalue weighted by Crippen LogP contribution is 2.08. The highest BCUT2D eigenvalue weighted by atomic mass is 16.5. The van der Waals surface area contributed by atoms with Crippen LogP contribution in [-0.2, 0) is 9.53 Å². The summed E-state index contributed by atoms with van der Waals surface area (Å²) in [6.45, 7) is 5.86. The Morgan fingerprint density at radius 3 is 2.62 bits per heavy atom. The summed E-state index contributed by atoms with van der Waals surface area (Å²) < 4.78 is 4.78. The van der Waals surface area contributed by atoms with Gasteiger partial charge < -0.3 is 10.1 Å². The molecule has 0 aromatic heterocycles. The molecule has 0 rings (SSSR count). The first-order valence-electron chi connectivity index (χ1n) is 5.70. The van der Waals surface area contributed by atoms with Gasteiger partial charge in [0.25, 0.3) is 0 Å². The number of unbranched alkanes of at least 4 members (excludes halogenated alkanes) is 2. The molecule has 3 nitrogen and oxygen atoms in total. The van der Waals surface area contributed by atoms with E-state index in [1.807, 2.05) is 6.92 Å². The fourth-order valence-corrected chi connectivity index (χ4v) is 1.30. The van der Waals surface area contributed by atoms with Gasteiger partial charge in [0.15, 0.2) is 0 Å². The van der Waals surface area contributed by atoms with E-state index in [-0.39, 0.29) is 6.61 Å². The van der Waals surface area contributed by atoms with Crippen LogP contribution in [0.15, 0.2) is 16.9 Å². The smallest absolute Gasteiger partial charge is 0.341 e. The lowest BCUT2D eigenvalue weighted by atomic mass is 10.1. The van der Waals surface area contributed by atoms with Crippen LogP contribution in [0, 0.1) is 5.41 Å². The third-order valence-electron chi connectivity index (χ3n) is 2.16. The molecule has 0 amide bonds. The van der Waals surface area contributed by atoms with Crippen LogP contribution < -0.4 is 0 Å². The number of hydrogen-bond acceptors (Lipinski definition) is 3. The van der Waals surface area contributed by atoms with E-state index < -0.39 is 5.97 Å². The second-order valence-electron chi connectivity index (χ2n) is 3.79. The molecule has 90 valence electrons. The largest absolute Gasteiger partial charge is 0.456 e. The van der Waals surface area contributed by atoms with Crippen LogP contribution in [0.2, 0.25) is 0 Å². The van der Waals surface area contributed by atoms with Crippen molar-refractivity contribution in [2.24, 2.45) is 0 Å². The third kappa shape index (κ3) is 7.02. The van der Waals surface area contributed by atoms with E-state index in [2.05, 4.69) is 12.7 Å². The Kier molecular flexibility index (Phi) is 8.18. The Morgan fingerprint density at radius 1 is 1.38 bits per heavy atom. The standard InChI is InChI=1S/C13H21NO2/c1-4-5-6-7-11(2)10-12(3)13(15)16-9-8-14/h8,14H,4-7,9H2,1-3H3. The number of rotatable bonds is 7. The molecule has 3 heteroatoms. The molecule has 0 saturated heterocycles. The molecule has 0 atom stereocenters. The molecular weight excluding hydrogens is 202 g/mol. The van der Waals surface area contributed by atoms with Gasteiger partial charge in [-0.05, 0) is 32.3 Å². The summed E-state index contributed by atoms with van der Waals surface area (Å²) in [6.07, 6.45) is 5.57. The van der Waals surface area contributed by atoms with E-state index in [1.54, 1.807) is 6.92 Å². The van der Waals surface area contributed by atoms with Crippen molar-refractivity contribution >= 4 is 12.2 Å². The number of nitrogens with one attached hydrogen (secondary N) is 1. The molecule has 0 radical (unpaired) electrons. The fraction of sp³-hybridized carbons (Fsp3) is 0.615. The minimum absolute atomic E-state index is 0.0345. The van der Waals surface area contributed by atoms with Gasteiger partial charge in [-0.1, -0.05) is 19.8 Å². The summed E-state index contributed by atoms with van der Waals surface area (Å²) in [4.78, 5) is 11.3. The average Bonchev–Trinajstić information content (AvgIpc) is 2.26. The highest BCUT2D eigenvalue weighted by Gasteiger charge is 2.03. The van der Waals surface area contributed by atoms with Crippen molar-refractivity contribution in [2.75, 3.05) is 6.61 Å². The topological polar surface area (TPSA) is 50.2 Å². The monoisotopic (exact) mass is 223 g/mol. The van der Waals surface area contributed by atoms with E-state index in [1.165, 1.54) is 12.8 Å². The Balaban J connectivity index is 4.29. The number of carbonyl (C=O) groups is 1. The predicted molar refractivity (Wildman–Crippen MR) is 65.8 cm³/mol. The average molecular weight is 223 g/mol. The predicted octanol–water partition coefficient (Wildman–Crippen LogP) is 3.25. The van der Waals surface area contributed by atoms with Gasteiger partial charge in [-0.2, -0.15) is 0 Å². The molecule has 0 bridgehead atoms. The molecule has 0 aromatic rings. The maximum Gasteiger partial charge on any atom is 0.341 e. The molecule has 0 aliphatic rings. The second-order valence-corrected chi connectivity index (χ2v) is 3.79. The van der Waals surface area contributed by atoms with Crippen LogP contribution in [0.25, 0.3) is 0 Å². The minimum Gasteiger partial charge on any atom is -0.456 e. The molecule has 0 heterocycles. The molecule has 1 N–H and O–H groups in total. The van der Waals surface area contributed by atoms with Crippen molar-refractivity contribution in [3.63, 3.8) is 0 Å². The quantitative estimate of drug-likeness (QED) is 0.237. The van der Waals surface area contributed by atoms with Crippen molar-refractivity contribution in [1.82, 2.24) is 0 Å². The first-order chi connectivity index (χ1) is 7.61. The first kappa shape index (κ1) is 14.7. The Bertz CT molecular complexity index is 299. The van der Waals surface area contributed by atoms with Gasteiger partial charge >= 0.3 is 5.97 Å². The summed E-state index contributed by atoms with van der Waals surface area (Å²) in [6, 6.07) is 0. The Morgan fingerprint density at radius 2 is 2.06 bits per heavy atom. The SMILES string of the molecule is CCCCCC(C)=C=C(C)C(=O)OCC=N. The van der Waals surface area contributed by atoms with Gasteiger partial charge in [0.05, 0.1) is 5.57 Å². The lowest BCUT2D eigenvalue weighted by Crippen LogP contribution is -2.06. The van der Waals surface area contributed by atoms with E-state index in [0.717, 1.165) is 24.6 Å². The normalized spacial score (nSPS) is 9.19. The van der Waals surface area contributed by atoms with Crippen molar-refractivity contribution in [2.45, 2.75) is 46.5 Å². The zero-order valence-corrected chi connectivity index (χ0v) is 10.4. The van der Waals surface area contributed by atoms with Gasteiger partial charge in [0, 0.05) is 6.21 Å². The van der Waals surface area contributed by atoms with Crippen LogP contribution in [-0.4, -0.2) is 18.8 Å².